The van der Waals surface area contributed by atoms with Gasteiger partial charge in [-0.1, -0.05) is 18.2 Å². The van der Waals surface area contributed by atoms with Crippen LogP contribution in [0.2, 0.25) is 0 Å². The fraction of sp³-hybridized carbons (Fsp3) is 0.235. The van der Waals surface area contributed by atoms with Crippen LogP contribution in [0.1, 0.15) is 6.42 Å². The molecule has 1 aliphatic rings. The molecule has 0 bridgehead atoms. The number of anilines is 1. The maximum atomic E-state index is 12.7. The van der Waals surface area contributed by atoms with Gasteiger partial charge in [0.15, 0.2) is 0 Å². The lowest BCUT2D eigenvalue weighted by Gasteiger charge is -2.29. The number of methoxy groups -OCH3 is 1. The minimum absolute atomic E-state index is 0.0836. The Labute approximate surface area is 160 Å². The molecule has 0 spiro atoms. The van der Waals surface area contributed by atoms with E-state index in [2.05, 4.69) is 4.36 Å². The number of sulfonamides is 1. The summed E-state index contributed by atoms with van der Waals surface area (Å²) < 4.78 is 33.6. The molecular formula is C17H20N4O4S2. The van der Waals surface area contributed by atoms with Gasteiger partial charge in [0.2, 0.25) is 10.0 Å². The van der Waals surface area contributed by atoms with Crippen molar-refractivity contribution in [1.82, 2.24) is 0 Å². The molecule has 2 aromatic rings. The van der Waals surface area contributed by atoms with Crippen LogP contribution in [0.15, 0.2) is 61.5 Å². The number of urea groups is 1. The molecule has 1 heterocycles. The maximum Gasteiger partial charge on any atom is 0.354 e. The van der Waals surface area contributed by atoms with Crippen molar-refractivity contribution in [2.75, 3.05) is 25.1 Å². The van der Waals surface area contributed by atoms with Crippen molar-refractivity contribution in [3.8, 4) is 5.75 Å². The van der Waals surface area contributed by atoms with Crippen molar-refractivity contribution < 1.29 is 17.9 Å². The van der Waals surface area contributed by atoms with Gasteiger partial charge in [-0.3, -0.25) is 4.90 Å². The summed E-state index contributed by atoms with van der Waals surface area (Å²) in [5, 5.41) is 5.36. The molecule has 1 aliphatic heterocycles. The number of hydrogen-bond donors (Lipinski definition) is 2. The van der Waals surface area contributed by atoms with E-state index in [1.165, 1.54) is 24.1 Å². The summed E-state index contributed by atoms with van der Waals surface area (Å²) in [4.78, 5) is 15.4. The Kier molecular flexibility index (Phi) is 5.61. The summed E-state index contributed by atoms with van der Waals surface area (Å²) >= 11 is 0. The quantitative estimate of drug-likeness (QED) is 0.754. The number of amides is 2. The molecular weight excluding hydrogens is 388 g/mol. The van der Waals surface area contributed by atoms with Crippen molar-refractivity contribution in [2.24, 2.45) is 15.2 Å². The highest BCUT2D eigenvalue weighted by Crippen LogP contribution is 2.39. The molecule has 0 saturated carbocycles. The Hall–Kier alpha value is -2.27. The lowest BCUT2D eigenvalue weighted by molar-refractivity contribution is 0.254. The van der Waals surface area contributed by atoms with Gasteiger partial charge in [0, 0.05) is 22.4 Å². The zero-order chi connectivity index (χ0) is 19.6. The second-order valence-corrected chi connectivity index (χ2v) is 8.97. The van der Waals surface area contributed by atoms with Crippen LogP contribution in [0.5, 0.6) is 5.75 Å². The largest absolute Gasteiger partial charge is 0.495 e. The molecule has 0 aromatic heterocycles. The molecule has 0 radical (unpaired) electrons. The standard InChI is InChI=1S/C17H20N4O4S2/c1-25-14-10-13-15(11-16(14)27(19,23)24)26(12-6-3-2-4-7-12)20-17(22)21(13)9-5-8-18/h2-4,6-7,10-11H,5,8-9,18H2,1H3,(H2,19,23,24). The number of ether oxygens (including phenoxy) is 1. The average molecular weight is 409 g/mol. The smallest absolute Gasteiger partial charge is 0.354 e. The molecule has 2 amide bonds. The predicted octanol–water partition coefficient (Wildman–Crippen LogP) is 1.85. The molecule has 10 heteroatoms. The van der Waals surface area contributed by atoms with Gasteiger partial charge in [0.1, 0.15) is 10.6 Å². The number of carbonyl (C=O) groups is 1. The third-order valence-corrected chi connectivity index (χ3v) is 6.74. The third-order valence-electron chi connectivity index (χ3n) is 4.00. The highest BCUT2D eigenvalue weighted by Gasteiger charge is 2.30. The van der Waals surface area contributed by atoms with Gasteiger partial charge in [-0.2, -0.15) is 4.36 Å². The second-order valence-electron chi connectivity index (χ2n) is 5.78. The van der Waals surface area contributed by atoms with Crippen LogP contribution in [0.25, 0.3) is 0 Å². The van der Waals surface area contributed by atoms with Crippen molar-refractivity contribution in [3.05, 3.63) is 42.5 Å². The molecule has 0 aliphatic carbocycles. The van der Waals surface area contributed by atoms with E-state index in [1.54, 1.807) is 0 Å². The van der Waals surface area contributed by atoms with Gasteiger partial charge in [-0.25, -0.2) is 18.4 Å². The van der Waals surface area contributed by atoms with E-state index >= 15 is 0 Å². The van der Waals surface area contributed by atoms with Crippen LogP contribution in [-0.4, -0.2) is 34.6 Å². The van der Waals surface area contributed by atoms with E-state index < -0.39 is 26.7 Å². The molecule has 8 nitrogen and oxygen atoms in total. The topological polar surface area (TPSA) is 128 Å². The Balaban J connectivity index is 2.27. The molecule has 4 N–H and O–H groups in total. The summed E-state index contributed by atoms with van der Waals surface area (Å²) in [6.07, 6.45) is 0.582. The molecule has 144 valence electrons. The fourth-order valence-electron chi connectivity index (χ4n) is 2.75. The summed E-state index contributed by atoms with van der Waals surface area (Å²) in [5.41, 5.74) is 6.13. The van der Waals surface area contributed by atoms with Crippen LogP contribution in [0, 0.1) is 0 Å². The first-order valence-corrected chi connectivity index (χ1v) is 10.9. The molecule has 27 heavy (non-hydrogen) atoms. The van der Waals surface area contributed by atoms with E-state index in [1.807, 2.05) is 30.3 Å². The van der Waals surface area contributed by atoms with E-state index in [-0.39, 0.29) is 10.6 Å². The molecule has 2 aromatic carbocycles. The molecule has 3 rings (SSSR count). The van der Waals surface area contributed by atoms with Crippen LogP contribution < -0.4 is 20.5 Å². The van der Waals surface area contributed by atoms with E-state index in [4.69, 9.17) is 15.6 Å². The molecule has 0 fully saturated rings. The monoisotopic (exact) mass is 408 g/mol. The maximum absolute atomic E-state index is 12.7. The zero-order valence-corrected chi connectivity index (χ0v) is 16.3. The van der Waals surface area contributed by atoms with Crippen LogP contribution in [0.3, 0.4) is 0 Å². The van der Waals surface area contributed by atoms with Gasteiger partial charge < -0.3 is 10.5 Å². The first-order chi connectivity index (χ1) is 12.9. The Morgan fingerprint density at radius 3 is 2.52 bits per heavy atom. The average Bonchev–Trinajstić information content (AvgIpc) is 2.65. The number of rotatable bonds is 6. The second kappa shape index (κ2) is 7.77. The first-order valence-electron chi connectivity index (χ1n) is 8.14. The number of benzene rings is 2. The molecule has 1 unspecified atom stereocenters. The van der Waals surface area contributed by atoms with Crippen LogP contribution in [0.4, 0.5) is 10.5 Å². The van der Waals surface area contributed by atoms with Gasteiger partial charge in [-0.15, -0.1) is 0 Å². The number of primary sulfonamides is 1. The SMILES string of the molecule is COc1cc2c(cc1S(N)(=O)=O)S(c1ccccc1)=NC(=O)N2CCCN. The van der Waals surface area contributed by atoms with Crippen LogP contribution in [-0.2, 0) is 20.7 Å². The van der Waals surface area contributed by atoms with Crippen molar-refractivity contribution >= 4 is 32.4 Å². The Bertz CT molecular complexity index is 1010. The number of hydrogen-bond acceptors (Lipinski definition) is 5. The van der Waals surface area contributed by atoms with Gasteiger partial charge >= 0.3 is 6.03 Å². The van der Waals surface area contributed by atoms with Gasteiger partial charge in [0.05, 0.1) is 12.8 Å². The first kappa shape index (κ1) is 19.5. The fourth-order valence-corrected chi connectivity index (χ4v) is 5.26. The zero-order valence-electron chi connectivity index (χ0n) is 14.7. The third kappa shape index (κ3) is 3.88. The highest BCUT2D eigenvalue weighted by molar-refractivity contribution is 7.89. The summed E-state index contributed by atoms with van der Waals surface area (Å²) in [6.45, 7) is 0.783. The van der Waals surface area contributed by atoms with Crippen molar-refractivity contribution in [2.45, 2.75) is 21.1 Å². The lowest BCUT2D eigenvalue weighted by atomic mass is 10.2. The summed E-state index contributed by atoms with van der Waals surface area (Å²) in [7, 11) is -3.63. The van der Waals surface area contributed by atoms with Gasteiger partial charge in [-0.05, 0) is 41.9 Å². The molecule has 0 saturated heterocycles. The van der Waals surface area contributed by atoms with Gasteiger partial charge in [0.25, 0.3) is 0 Å². The van der Waals surface area contributed by atoms with E-state index in [9.17, 15) is 13.2 Å². The van der Waals surface area contributed by atoms with Crippen molar-refractivity contribution in [3.63, 3.8) is 0 Å². The predicted molar refractivity (Wildman–Crippen MR) is 104 cm³/mol. The summed E-state index contributed by atoms with van der Waals surface area (Å²) in [5.74, 6) is 0.0836. The van der Waals surface area contributed by atoms with E-state index in [0.29, 0.717) is 30.1 Å². The Morgan fingerprint density at radius 2 is 1.93 bits per heavy atom. The number of fused-ring (bicyclic) bond motifs is 1. The highest BCUT2D eigenvalue weighted by atomic mass is 32.2. The normalized spacial score (nSPS) is 16.6. The lowest BCUT2D eigenvalue weighted by Crippen LogP contribution is -2.34. The Morgan fingerprint density at radius 1 is 1.22 bits per heavy atom. The van der Waals surface area contributed by atoms with Crippen LogP contribution >= 0.6 is 0 Å². The minimum Gasteiger partial charge on any atom is -0.495 e. The molecule has 1 atom stereocenters. The van der Waals surface area contributed by atoms with Crippen molar-refractivity contribution in [1.29, 1.82) is 0 Å². The number of carbonyl (C=O) groups excluding carboxylic acids is 1. The van der Waals surface area contributed by atoms with E-state index in [0.717, 1.165) is 4.90 Å². The summed E-state index contributed by atoms with van der Waals surface area (Å²) in [6, 6.07) is 11.8. The number of nitrogens with zero attached hydrogens (tertiary/aromatic N) is 2. The number of nitrogens with two attached hydrogens (primary N) is 2. The minimum atomic E-state index is -4.02.